The molecule has 1 saturated heterocycles. The normalized spacial score (nSPS) is 15.0. The van der Waals surface area contributed by atoms with Crippen molar-refractivity contribution in [3.8, 4) is 0 Å². The summed E-state index contributed by atoms with van der Waals surface area (Å²) < 4.78 is 0. The Kier molecular flexibility index (Phi) is 6.23. The van der Waals surface area contributed by atoms with Gasteiger partial charge in [-0.15, -0.1) is 0 Å². The molecular weight excluding hydrogens is 288 g/mol. The van der Waals surface area contributed by atoms with Crippen molar-refractivity contribution < 1.29 is 4.79 Å². The van der Waals surface area contributed by atoms with Gasteiger partial charge in [0, 0.05) is 38.5 Å². The number of halogens is 1. The Balaban J connectivity index is 1.81. The molecule has 0 aliphatic carbocycles. The second-order valence-corrected chi connectivity index (χ2v) is 5.75. The van der Waals surface area contributed by atoms with Crippen LogP contribution in [-0.4, -0.2) is 40.4 Å². The molecule has 2 rings (SSSR count). The first-order valence-corrected chi connectivity index (χ1v) is 8.12. The van der Waals surface area contributed by atoms with Gasteiger partial charge in [0.05, 0.1) is 0 Å². The molecule has 1 aliphatic rings. The van der Waals surface area contributed by atoms with E-state index in [2.05, 4.69) is 22.2 Å². The van der Waals surface area contributed by atoms with E-state index < -0.39 is 0 Å². The number of aromatic nitrogens is 2. The van der Waals surface area contributed by atoms with Crippen molar-refractivity contribution in [3.63, 3.8) is 0 Å². The fourth-order valence-electron chi connectivity index (χ4n) is 2.49. The lowest BCUT2D eigenvalue weighted by Crippen LogP contribution is -2.36. The van der Waals surface area contributed by atoms with E-state index in [1.54, 1.807) is 6.07 Å². The van der Waals surface area contributed by atoms with Crippen LogP contribution in [0.5, 0.6) is 0 Å². The molecule has 1 N–H and O–H groups in total. The van der Waals surface area contributed by atoms with Gasteiger partial charge in [0.1, 0.15) is 16.8 Å². The zero-order chi connectivity index (χ0) is 15.1. The van der Waals surface area contributed by atoms with Crippen LogP contribution in [0.3, 0.4) is 0 Å². The lowest BCUT2D eigenvalue weighted by Gasteiger charge is -2.26. The van der Waals surface area contributed by atoms with E-state index >= 15 is 0 Å². The zero-order valence-corrected chi connectivity index (χ0v) is 13.3. The monoisotopic (exact) mass is 310 g/mol. The van der Waals surface area contributed by atoms with Crippen molar-refractivity contribution in [1.29, 1.82) is 0 Å². The molecule has 5 nitrogen and oxygen atoms in total. The second kappa shape index (κ2) is 8.17. The lowest BCUT2D eigenvalue weighted by molar-refractivity contribution is -0.131. The van der Waals surface area contributed by atoms with Crippen molar-refractivity contribution >= 4 is 23.3 Å². The first-order chi connectivity index (χ1) is 10.2. The number of carbonyl (C=O) groups excluding carboxylic acids is 1. The average molecular weight is 311 g/mol. The first kappa shape index (κ1) is 16.0. The van der Waals surface area contributed by atoms with Gasteiger partial charge >= 0.3 is 0 Å². The number of amides is 1. The van der Waals surface area contributed by atoms with Gasteiger partial charge in [-0.3, -0.25) is 4.79 Å². The Hall–Kier alpha value is -1.36. The van der Waals surface area contributed by atoms with Gasteiger partial charge in [-0.05, 0) is 25.7 Å². The van der Waals surface area contributed by atoms with E-state index in [9.17, 15) is 4.79 Å². The fourth-order valence-corrected chi connectivity index (χ4v) is 2.69. The van der Waals surface area contributed by atoms with Crippen LogP contribution >= 0.6 is 11.6 Å². The predicted octanol–water partition coefficient (Wildman–Crippen LogP) is 2.90. The molecule has 6 heteroatoms. The highest BCUT2D eigenvalue weighted by Crippen LogP contribution is 2.13. The van der Waals surface area contributed by atoms with Crippen molar-refractivity contribution in [1.82, 2.24) is 14.9 Å². The SMILES string of the molecule is CCCc1nc(Cl)cc(NCCC(=O)N2CCCCC2)n1. The van der Waals surface area contributed by atoms with Crippen molar-refractivity contribution in [2.75, 3.05) is 25.0 Å². The molecule has 0 unspecified atom stereocenters. The summed E-state index contributed by atoms with van der Waals surface area (Å²) in [5, 5.41) is 3.61. The molecule has 1 fully saturated rings. The highest BCUT2D eigenvalue weighted by atomic mass is 35.5. The number of aryl methyl sites for hydroxylation is 1. The molecule has 0 spiro atoms. The predicted molar refractivity (Wildman–Crippen MR) is 84.6 cm³/mol. The molecule has 0 radical (unpaired) electrons. The van der Waals surface area contributed by atoms with Crippen LogP contribution in [0.1, 0.15) is 44.9 Å². The van der Waals surface area contributed by atoms with Crippen LogP contribution in [0.2, 0.25) is 5.15 Å². The van der Waals surface area contributed by atoms with Crippen LogP contribution in [0.15, 0.2) is 6.07 Å². The number of hydrogen-bond donors (Lipinski definition) is 1. The number of carbonyl (C=O) groups is 1. The third-order valence-electron chi connectivity index (χ3n) is 3.57. The molecule has 0 aromatic carbocycles. The Morgan fingerprint density at radius 2 is 2.10 bits per heavy atom. The fraction of sp³-hybridized carbons (Fsp3) is 0.667. The standard InChI is InChI=1S/C15H23ClN4O/c1-2-6-13-18-12(16)11-14(19-13)17-8-7-15(21)20-9-4-3-5-10-20/h11H,2-10H2,1H3,(H,17,18,19). The van der Waals surface area contributed by atoms with Crippen molar-refractivity contribution in [3.05, 3.63) is 17.0 Å². The molecule has 1 aromatic rings. The topological polar surface area (TPSA) is 58.1 Å². The number of piperidine rings is 1. The minimum atomic E-state index is 0.219. The Morgan fingerprint density at radius 1 is 1.33 bits per heavy atom. The third kappa shape index (κ3) is 5.16. The number of hydrogen-bond acceptors (Lipinski definition) is 4. The van der Waals surface area contributed by atoms with Crippen molar-refractivity contribution in [2.45, 2.75) is 45.4 Å². The molecule has 1 aliphatic heterocycles. The summed E-state index contributed by atoms with van der Waals surface area (Å²) in [5.74, 6) is 1.66. The molecule has 1 amide bonds. The summed E-state index contributed by atoms with van der Waals surface area (Å²) in [6, 6.07) is 1.70. The maximum absolute atomic E-state index is 12.1. The summed E-state index contributed by atoms with van der Waals surface area (Å²) in [6.45, 7) is 4.46. The second-order valence-electron chi connectivity index (χ2n) is 5.36. The van der Waals surface area contributed by atoms with Gasteiger partial charge in [0.25, 0.3) is 0 Å². The van der Waals surface area contributed by atoms with Crippen LogP contribution < -0.4 is 5.32 Å². The van der Waals surface area contributed by atoms with Crippen LogP contribution in [-0.2, 0) is 11.2 Å². The van der Waals surface area contributed by atoms with Crippen LogP contribution in [0, 0.1) is 0 Å². The molecule has 0 saturated carbocycles. The van der Waals surface area contributed by atoms with Gasteiger partial charge < -0.3 is 10.2 Å². The summed E-state index contributed by atoms with van der Waals surface area (Å²) in [7, 11) is 0. The van der Waals surface area contributed by atoms with Gasteiger partial charge in [-0.25, -0.2) is 9.97 Å². The molecular formula is C15H23ClN4O. The molecule has 1 aromatic heterocycles. The highest BCUT2D eigenvalue weighted by molar-refractivity contribution is 6.29. The van der Waals surface area contributed by atoms with Gasteiger partial charge in [-0.1, -0.05) is 18.5 Å². The summed E-state index contributed by atoms with van der Waals surface area (Å²) >= 11 is 5.98. The number of nitrogens with zero attached hydrogens (tertiary/aromatic N) is 3. The minimum Gasteiger partial charge on any atom is -0.369 e. The van der Waals surface area contributed by atoms with Gasteiger partial charge in [0.15, 0.2) is 0 Å². The number of anilines is 1. The maximum Gasteiger partial charge on any atom is 0.224 e. The average Bonchev–Trinajstić information content (AvgIpc) is 2.48. The third-order valence-corrected chi connectivity index (χ3v) is 3.76. The van der Waals surface area contributed by atoms with E-state index in [4.69, 9.17) is 11.6 Å². The van der Waals surface area contributed by atoms with E-state index in [-0.39, 0.29) is 5.91 Å². The summed E-state index contributed by atoms with van der Waals surface area (Å²) in [5.41, 5.74) is 0. The van der Waals surface area contributed by atoms with E-state index in [0.29, 0.717) is 23.9 Å². The first-order valence-electron chi connectivity index (χ1n) is 7.74. The maximum atomic E-state index is 12.1. The Labute approximate surface area is 131 Å². The molecule has 21 heavy (non-hydrogen) atoms. The lowest BCUT2D eigenvalue weighted by atomic mass is 10.1. The summed E-state index contributed by atoms with van der Waals surface area (Å²) in [6.07, 6.45) is 5.77. The smallest absolute Gasteiger partial charge is 0.224 e. The largest absolute Gasteiger partial charge is 0.369 e. The molecule has 0 atom stereocenters. The highest BCUT2D eigenvalue weighted by Gasteiger charge is 2.15. The van der Waals surface area contributed by atoms with Gasteiger partial charge in [-0.2, -0.15) is 0 Å². The Morgan fingerprint density at radius 3 is 2.81 bits per heavy atom. The Bertz CT molecular complexity index is 475. The molecule has 0 bridgehead atoms. The van der Waals surface area contributed by atoms with E-state index in [0.717, 1.165) is 44.6 Å². The number of nitrogens with one attached hydrogen (secondary N) is 1. The summed E-state index contributed by atoms with van der Waals surface area (Å²) in [4.78, 5) is 22.6. The zero-order valence-electron chi connectivity index (χ0n) is 12.6. The molecule has 2 heterocycles. The number of likely N-dealkylation sites (tertiary alicyclic amines) is 1. The van der Waals surface area contributed by atoms with Crippen LogP contribution in [0.25, 0.3) is 0 Å². The van der Waals surface area contributed by atoms with Crippen molar-refractivity contribution in [2.24, 2.45) is 0 Å². The molecule has 116 valence electrons. The van der Waals surface area contributed by atoms with Crippen LogP contribution in [0.4, 0.5) is 5.82 Å². The van der Waals surface area contributed by atoms with E-state index in [1.807, 2.05) is 4.90 Å². The quantitative estimate of drug-likeness (QED) is 0.821. The van der Waals surface area contributed by atoms with Gasteiger partial charge in [0.2, 0.25) is 5.91 Å². The van der Waals surface area contributed by atoms with E-state index in [1.165, 1.54) is 6.42 Å². The number of rotatable bonds is 6. The minimum absolute atomic E-state index is 0.219.